The molecule has 1 heterocycles. The molecule has 2 nitrogen and oxygen atoms in total. The van der Waals surface area contributed by atoms with E-state index in [0.29, 0.717) is 0 Å². The molecular formula is C15H23NO. The highest BCUT2D eigenvalue weighted by molar-refractivity contribution is 5.57. The summed E-state index contributed by atoms with van der Waals surface area (Å²) in [6, 6.07) is 8.27. The highest BCUT2D eigenvalue weighted by atomic mass is 16.3. The number of para-hydroxylation sites is 1. The van der Waals surface area contributed by atoms with Crippen LogP contribution in [0, 0.1) is 0 Å². The molecule has 1 N–H and O–H groups in total. The first-order chi connectivity index (χ1) is 8.06. The Balaban J connectivity index is 2.38. The summed E-state index contributed by atoms with van der Waals surface area (Å²) in [4.78, 5) is 2.45. The largest absolute Gasteiger partial charge is 0.388 e. The summed E-state index contributed by atoms with van der Waals surface area (Å²) < 4.78 is 0. The second kappa shape index (κ2) is 4.69. The number of hydrogen-bond acceptors (Lipinski definition) is 2. The topological polar surface area (TPSA) is 23.5 Å². The van der Waals surface area contributed by atoms with Gasteiger partial charge in [-0.05, 0) is 39.2 Å². The Morgan fingerprint density at radius 3 is 2.65 bits per heavy atom. The van der Waals surface area contributed by atoms with Gasteiger partial charge in [-0.25, -0.2) is 0 Å². The molecule has 2 rings (SSSR count). The molecule has 0 bridgehead atoms. The predicted octanol–water partition coefficient (Wildman–Crippen LogP) is 3.51. The summed E-state index contributed by atoms with van der Waals surface area (Å²) in [5, 5.41) is 10.1. The third kappa shape index (κ3) is 2.32. The van der Waals surface area contributed by atoms with Gasteiger partial charge >= 0.3 is 0 Å². The quantitative estimate of drug-likeness (QED) is 0.863. The minimum absolute atomic E-state index is 0.212. The Hall–Kier alpha value is -1.02. The van der Waals surface area contributed by atoms with E-state index >= 15 is 0 Å². The Bertz CT molecular complexity index is 386. The number of nitrogens with zero attached hydrogens (tertiary/aromatic N) is 1. The van der Waals surface area contributed by atoms with Crippen molar-refractivity contribution in [2.75, 3.05) is 11.4 Å². The zero-order chi connectivity index (χ0) is 12.5. The highest BCUT2D eigenvalue weighted by Crippen LogP contribution is 2.37. The number of benzene rings is 1. The molecule has 0 aromatic heterocycles. The van der Waals surface area contributed by atoms with E-state index in [9.17, 15) is 5.11 Å². The van der Waals surface area contributed by atoms with Crippen LogP contribution in [-0.4, -0.2) is 17.2 Å². The van der Waals surface area contributed by atoms with Crippen LogP contribution in [-0.2, 0) is 0 Å². The number of anilines is 1. The van der Waals surface area contributed by atoms with E-state index in [4.69, 9.17) is 0 Å². The summed E-state index contributed by atoms with van der Waals surface area (Å²) in [7, 11) is 0. The number of aliphatic hydroxyl groups is 1. The van der Waals surface area contributed by atoms with Gasteiger partial charge in [0, 0.05) is 23.3 Å². The van der Waals surface area contributed by atoms with Gasteiger partial charge < -0.3 is 10.0 Å². The second-order valence-electron chi connectivity index (χ2n) is 5.55. The fraction of sp³-hybridized carbons (Fsp3) is 0.600. The van der Waals surface area contributed by atoms with Crippen LogP contribution in [0.2, 0.25) is 0 Å². The van der Waals surface area contributed by atoms with Crippen LogP contribution in [0.3, 0.4) is 0 Å². The van der Waals surface area contributed by atoms with E-state index in [1.54, 1.807) is 0 Å². The number of aliphatic hydroxyl groups excluding tert-OH is 1. The van der Waals surface area contributed by atoms with Crippen LogP contribution < -0.4 is 4.90 Å². The van der Waals surface area contributed by atoms with Crippen LogP contribution in [0.1, 0.15) is 51.7 Å². The van der Waals surface area contributed by atoms with Crippen LogP contribution in [0.15, 0.2) is 24.3 Å². The van der Waals surface area contributed by atoms with E-state index in [-0.39, 0.29) is 11.6 Å². The zero-order valence-electron chi connectivity index (χ0n) is 11.1. The molecule has 1 aliphatic rings. The van der Waals surface area contributed by atoms with E-state index < -0.39 is 0 Å². The van der Waals surface area contributed by atoms with Gasteiger partial charge in [0.15, 0.2) is 0 Å². The van der Waals surface area contributed by atoms with Crippen molar-refractivity contribution in [3.63, 3.8) is 0 Å². The van der Waals surface area contributed by atoms with Gasteiger partial charge in [0.05, 0.1) is 6.10 Å². The molecule has 94 valence electrons. The Kier molecular flexibility index (Phi) is 3.43. The van der Waals surface area contributed by atoms with Crippen molar-refractivity contribution in [1.82, 2.24) is 0 Å². The zero-order valence-corrected chi connectivity index (χ0v) is 11.1. The molecule has 0 spiro atoms. The molecule has 1 aromatic carbocycles. The Morgan fingerprint density at radius 1 is 1.35 bits per heavy atom. The van der Waals surface area contributed by atoms with Crippen LogP contribution in [0.4, 0.5) is 5.69 Å². The maximum atomic E-state index is 10.1. The van der Waals surface area contributed by atoms with Gasteiger partial charge in [-0.2, -0.15) is 0 Å². The molecule has 1 saturated heterocycles. The van der Waals surface area contributed by atoms with Crippen molar-refractivity contribution in [3.8, 4) is 0 Å². The maximum absolute atomic E-state index is 10.1. The van der Waals surface area contributed by atoms with Gasteiger partial charge in [0.25, 0.3) is 0 Å². The minimum Gasteiger partial charge on any atom is -0.388 e. The molecule has 0 aliphatic carbocycles. The third-order valence-electron chi connectivity index (χ3n) is 3.87. The minimum atomic E-state index is -0.345. The van der Waals surface area contributed by atoms with Gasteiger partial charge in [-0.1, -0.05) is 25.1 Å². The molecule has 0 amide bonds. The highest BCUT2D eigenvalue weighted by Gasteiger charge is 2.33. The van der Waals surface area contributed by atoms with E-state index in [1.165, 1.54) is 18.5 Å². The molecule has 1 aliphatic heterocycles. The van der Waals surface area contributed by atoms with Crippen LogP contribution in [0.5, 0.6) is 0 Å². The average Bonchev–Trinajstić information content (AvgIpc) is 2.68. The summed E-state index contributed by atoms with van der Waals surface area (Å²) >= 11 is 0. The third-order valence-corrected chi connectivity index (χ3v) is 3.87. The van der Waals surface area contributed by atoms with E-state index in [1.807, 2.05) is 13.0 Å². The van der Waals surface area contributed by atoms with Crippen LogP contribution in [0.25, 0.3) is 0 Å². The summed E-state index contributed by atoms with van der Waals surface area (Å²) in [5.41, 5.74) is 2.50. The average molecular weight is 233 g/mol. The fourth-order valence-electron chi connectivity index (χ4n) is 2.79. The first kappa shape index (κ1) is 12.4. The predicted molar refractivity (Wildman–Crippen MR) is 72.4 cm³/mol. The van der Waals surface area contributed by atoms with Gasteiger partial charge in [0.2, 0.25) is 0 Å². The molecule has 0 unspecified atom stereocenters. The standard InChI is InChI=1S/C15H23NO/c1-4-14(17)12-8-5-6-9-13(12)16-11-7-10-15(16,2)3/h5-6,8-9,14,17H,4,7,10-11H2,1-3H3/t14-/m0/s1. The molecule has 0 radical (unpaired) electrons. The molecular weight excluding hydrogens is 210 g/mol. The first-order valence-electron chi connectivity index (χ1n) is 6.61. The molecule has 0 saturated carbocycles. The van der Waals surface area contributed by atoms with Crippen molar-refractivity contribution < 1.29 is 5.11 Å². The fourth-order valence-corrected chi connectivity index (χ4v) is 2.79. The number of hydrogen-bond donors (Lipinski definition) is 1. The lowest BCUT2D eigenvalue weighted by Gasteiger charge is -2.35. The van der Waals surface area contributed by atoms with E-state index in [2.05, 4.69) is 36.9 Å². The summed E-state index contributed by atoms with van der Waals surface area (Å²) in [6.07, 6.45) is 2.89. The van der Waals surface area contributed by atoms with Gasteiger partial charge in [-0.3, -0.25) is 0 Å². The van der Waals surface area contributed by atoms with Crippen LogP contribution >= 0.6 is 0 Å². The molecule has 1 atom stereocenters. The normalized spacial score (nSPS) is 20.6. The van der Waals surface area contributed by atoms with Crippen molar-refractivity contribution in [2.24, 2.45) is 0 Å². The molecule has 2 heteroatoms. The van der Waals surface area contributed by atoms with Gasteiger partial charge in [0.1, 0.15) is 0 Å². The monoisotopic (exact) mass is 233 g/mol. The summed E-state index contributed by atoms with van der Waals surface area (Å²) in [5.74, 6) is 0. The lowest BCUT2D eigenvalue weighted by atomic mass is 9.98. The Labute approximate surface area is 104 Å². The molecule has 1 fully saturated rings. The van der Waals surface area contributed by atoms with Crippen molar-refractivity contribution >= 4 is 5.69 Å². The molecule has 17 heavy (non-hydrogen) atoms. The maximum Gasteiger partial charge on any atom is 0.0807 e. The van der Waals surface area contributed by atoms with Gasteiger partial charge in [-0.15, -0.1) is 0 Å². The number of rotatable bonds is 3. The summed E-state index contributed by atoms with van der Waals surface area (Å²) in [6.45, 7) is 7.70. The lowest BCUT2D eigenvalue weighted by molar-refractivity contribution is 0.174. The first-order valence-corrected chi connectivity index (χ1v) is 6.61. The lowest BCUT2D eigenvalue weighted by Crippen LogP contribution is -2.38. The van der Waals surface area contributed by atoms with Crippen molar-refractivity contribution in [3.05, 3.63) is 29.8 Å². The van der Waals surface area contributed by atoms with Crippen molar-refractivity contribution in [1.29, 1.82) is 0 Å². The smallest absolute Gasteiger partial charge is 0.0807 e. The second-order valence-corrected chi connectivity index (χ2v) is 5.55. The van der Waals surface area contributed by atoms with E-state index in [0.717, 1.165) is 18.5 Å². The van der Waals surface area contributed by atoms with Crippen molar-refractivity contribution in [2.45, 2.75) is 51.7 Å². The Morgan fingerprint density at radius 2 is 2.06 bits per heavy atom. The SMILES string of the molecule is CC[C@H](O)c1ccccc1N1CCCC1(C)C. The molecule has 1 aromatic rings.